The number of carboxylic acid groups (broad SMARTS) is 3. The number of hydrogen-bond donors (Lipinski definition) is 4. The molecule has 402 valence electrons. The van der Waals surface area contributed by atoms with Gasteiger partial charge in [0.15, 0.2) is 5.69 Å². The summed E-state index contributed by atoms with van der Waals surface area (Å²) in [7, 11) is 1.56. The highest BCUT2D eigenvalue weighted by molar-refractivity contribution is 6.34. The molecule has 3 aromatic carbocycles. The number of carbonyl (C=O) groups excluding carboxylic acids is 3. The lowest BCUT2D eigenvalue weighted by atomic mass is 9.94. The molecular formula is C52H63Cl2N9O12. The maximum Gasteiger partial charge on any atom is 0.317 e. The summed E-state index contributed by atoms with van der Waals surface area (Å²) in [6.45, 7) is 7.33. The molecule has 0 saturated carbocycles. The Balaban J connectivity index is 0.962. The van der Waals surface area contributed by atoms with Gasteiger partial charge in [0, 0.05) is 116 Å². The van der Waals surface area contributed by atoms with Crippen molar-refractivity contribution in [2.24, 2.45) is 5.92 Å². The van der Waals surface area contributed by atoms with Crippen molar-refractivity contribution in [2.45, 2.75) is 38.8 Å². The maximum absolute atomic E-state index is 14.4. The number of likely N-dealkylation sites (tertiary alicyclic amines) is 1. The van der Waals surface area contributed by atoms with Crippen molar-refractivity contribution in [3.05, 3.63) is 75.9 Å². The minimum Gasteiger partial charge on any atom is -0.496 e. The number of aromatic nitrogens is 2. The van der Waals surface area contributed by atoms with Crippen molar-refractivity contribution in [2.75, 3.05) is 124 Å². The number of morpholine rings is 1. The van der Waals surface area contributed by atoms with Gasteiger partial charge in [0.05, 0.1) is 63.4 Å². The summed E-state index contributed by atoms with van der Waals surface area (Å²) in [5.41, 5.74) is 4.00. The Hall–Kier alpha value is -6.33. The minimum absolute atomic E-state index is 0.0135. The molecule has 3 amide bonds. The molecule has 0 spiro atoms. The summed E-state index contributed by atoms with van der Waals surface area (Å²) in [5, 5.41) is 37.5. The van der Waals surface area contributed by atoms with Gasteiger partial charge in [-0.15, -0.1) is 0 Å². The zero-order chi connectivity index (χ0) is 53.6. The van der Waals surface area contributed by atoms with Crippen molar-refractivity contribution in [1.82, 2.24) is 39.2 Å². The third-order valence-electron chi connectivity index (χ3n) is 14.1. The number of hydrogen-bond acceptors (Lipinski definition) is 14. The first-order valence-electron chi connectivity index (χ1n) is 24.9. The van der Waals surface area contributed by atoms with Crippen LogP contribution in [0.4, 0.5) is 5.69 Å². The second-order valence-electron chi connectivity index (χ2n) is 19.9. The van der Waals surface area contributed by atoms with Crippen LogP contribution in [0.25, 0.3) is 28.1 Å². The summed E-state index contributed by atoms with van der Waals surface area (Å²) in [6, 6.07) is 16.2. The van der Waals surface area contributed by atoms with Crippen LogP contribution in [0.3, 0.4) is 0 Å². The summed E-state index contributed by atoms with van der Waals surface area (Å²) >= 11 is 13.1. The van der Waals surface area contributed by atoms with Gasteiger partial charge in [0.2, 0.25) is 11.8 Å². The number of rotatable bonds is 14. The number of nitrogens with one attached hydrogen (secondary N) is 1. The number of halogens is 2. The van der Waals surface area contributed by atoms with Gasteiger partial charge >= 0.3 is 17.9 Å². The second kappa shape index (κ2) is 24.1. The largest absolute Gasteiger partial charge is 0.496 e. The van der Waals surface area contributed by atoms with Crippen LogP contribution in [-0.2, 0) is 35.3 Å². The van der Waals surface area contributed by atoms with Crippen LogP contribution in [-0.4, -0.2) is 214 Å². The van der Waals surface area contributed by atoms with E-state index >= 15 is 0 Å². The van der Waals surface area contributed by atoms with Crippen molar-refractivity contribution in [3.63, 3.8) is 0 Å². The van der Waals surface area contributed by atoms with E-state index in [-0.39, 0.29) is 88.3 Å². The molecule has 4 aromatic rings. The topological polar surface area (TPSA) is 240 Å². The quantitative estimate of drug-likeness (QED) is 0.138. The van der Waals surface area contributed by atoms with Crippen LogP contribution in [0.15, 0.2) is 54.6 Å². The Morgan fingerprint density at radius 3 is 1.85 bits per heavy atom. The molecule has 4 N–H and O–H groups in total. The van der Waals surface area contributed by atoms with Crippen LogP contribution in [0, 0.1) is 5.92 Å². The van der Waals surface area contributed by atoms with Gasteiger partial charge < -0.3 is 44.6 Å². The molecular weight excluding hydrogens is 1010 g/mol. The zero-order valence-corrected chi connectivity index (χ0v) is 43.8. The number of ether oxygens (including phenoxy) is 3. The van der Waals surface area contributed by atoms with Crippen molar-refractivity contribution < 1.29 is 58.3 Å². The summed E-state index contributed by atoms with van der Waals surface area (Å²) in [6.07, 6.45) is 0.839. The number of methoxy groups -OCH3 is 1. The molecule has 1 aromatic heterocycles. The molecule has 75 heavy (non-hydrogen) atoms. The van der Waals surface area contributed by atoms with E-state index in [2.05, 4.69) is 5.32 Å². The Morgan fingerprint density at radius 1 is 0.733 bits per heavy atom. The minimum atomic E-state index is -1.04. The van der Waals surface area contributed by atoms with E-state index in [4.69, 9.17) is 42.5 Å². The van der Waals surface area contributed by atoms with Crippen LogP contribution in [0.2, 0.25) is 10.0 Å². The average molecular weight is 1080 g/mol. The van der Waals surface area contributed by atoms with Crippen molar-refractivity contribution in [1.29, 1.82) is 0 Å². The van der Waals surface area contributed by atoms with Gasteiger partial charge in [-0.25, -0.2) is 4.68 Å². The van der Waals surface area contributed by atoms with Gasteiger partial charge in [-0.05, 0) is 68.7 Å². The Bertz CT molecular complexity index is 2750. The number of aliphatic carboxylic acids is 3. The van der Waals surface area contributed by atoms with Gasteiger partial charge in [0.1, 0.15) is 18.1 Å². The van der Waals surface area contributed by atoms with Crippen LogP contribution in [0.1, 0.15) is 42.7 Å². The highest BCUT2D eigenvalue weighted by Crippen LogP contribution is 2.47. The number of carbonyl (C=O) groups is 6. The van der Waals surface area contributed by atoms with Crippen molar-refractivity contribution >= 4 is 64.5 Å². The lowest BCUT2D eigenvalue weighted by Crippen LogP contribution is -2.55. The number of piperidine rings is 1. The predicted molar refractivity (Wildman–Crippen MR) is 278 cm³/mol. The normalized spacial score (nSPS) is 18.4. The van der Waals surface area contributed by atoms with E-state index in [1.165, 1.54) is 0 Å². The van der Waals surface area contributed by atoms with Crippen molar-refractivity contribution in [3.8, 4) is 39.6 Å². The molecule has 5 heterocycles. The van der Waals surface area contributed by atoms with E-state index in [1.54, 1.807) is 66.6 Å². The fourth-order valence-electron chi connectivity index (χ4n) is 10.1. The number of benzene rings is 3. The third kappa shape index (κ3) is 13.6. The van der Waals surface area contributed by atoms with E-state index in [1.807, 2.05) is 43.0 Å². The predicted octanol–water partition coefficient (Wildman–Crippen LogP) is 4.32. The fraction of sp³-hybridized carbons (Fsp3) is 0.481. The summed E-state index contributed by atoms with van der Waals surface area (Å²) in [5.74, 6) is -3.08. The Morgan fingerprint density at radius 2 is 1.31 bits per heavy atom. The van der Waals surface area contributed by atoms with Crippen LogP contribution >= 0.6 is 23.2 Å². The Labute approximate surface area is 444 Å². The number of nitrogens with zero attached hydrogens (tertiary/aromatic N) is 8. The smallest absolute Gasteiger partial charge is 0.317 e. The first-order valence-corrected chi connectivity index (χ1v) is 25.7. The third-order valence-corrected chi connectivity index (χ3v) is 14.6. The fourth-order valence-corrected chi connectivity index (χ4v) is 10.6. The standard InChI is InChI=1S/C52H63Cl2N9O12/c1-52(2)32-74-20-19-62(52)51(72)48-41-31-75-43-26-42(73-3)39(25-40(43)49(41)63(56-48)38-23-35(53)22-36(54)24-38)34-5-4-6-37(21-34)55-50(71)33-7-9-61(10-8-33)44(64)27-57-11-13-58(28-45(65)66)15-17-60(30-47(69)70)18-16-59(14-12-57)29-46(67)68/h4-6,21-26,33H,7-20,27-32H2,1-3H3,(H,55,71)(H,65,66)(H,67,68)(H,69,70). The first kappa shape index (κ1) is 54.9. The average Bonchev–Trinajstić information content (AvgIpc) is 3.78. The molecule has 0 aliphatic carbocycles. The lowest BCUT2D eigenvalue weighted by molar-refractivity contribution is -0.141. The number of anilines is 1. The molecule has 0 radical (unpaired) electrons. The Kier molecular flexibility index (Phi) is 17.7. The lowest BCUT2D eigenvalue weighted by Gasteiger charge is -2.41. The monoisotopic (exact) mass is 1080 g/mol. The molecule has 3 saturated heterocycles. The first-order chi connectivity index (χ1) is 35.8. The van der Waals surface area contributed by atoms with Gasteiger partial charge in [-0.3, -0.25) is 48.4 Å². The SMILES string of the molecule is COc1cc2c(cc1-c1cccc(NC(=O)C3CCN(C(=O)CN4CCN(CC(=O)O)CCN(CC(=O)O)CCN(CC(=O)O)CC4)CC3)c1)-c1c(c(C(=O)N3CCOCC3(C)C)nn1-c1cc(Cl)cc(Cl)c1)CO2. The maximum atomic E-state index is 14.4. The molecule has 8 rings (SSSR count). The summed E-state index contributed by atoms with van der Waals surface area (Å²) in [4.78, 5) is 87.7. The highest BCUT2D eigenvalue weighted by Gasteiger charge is 2.40. The second-order valence-corrected chi connectivity index (χ2v) is 20.8. The number of amides is 3. The number of carboxylic acids is 3. The van der Waals surface area contributed by atoms with E-state index in [0.717, 1.165) is 5.56 Å². The molecule has 0 atom stereocenters. The van der Waals surface area contributed by atoms with E-state index in [0.29, 0.717) is 127 Å². The van der Waals surface area contributed by atoms with Crippen LogP contribution in [0.5, 0.6) is 11.5 Å². The molecule has 21 nitrogen and oxygen atoms in total. The molecule has 23 heteroatoms. The van der Waals surface area contributed by atoms with Gasteiger partial charge in [0.25, 0.3) is 5.91 Å². The van der Waals surface area contributed by atoms with E-state index in [9.17, 15) is 44.1 Å². The molecule has 4 aliphatic heterocycles. The zero-order valence-electron chi connectivity index (χ0n) is 42.3. The number of fused-ring (bicyclic) bond motifs is 3. The summed E-state index contributed by atoms with van der Waals surface area (Å²) < 4.78 is 19.7. The van der Waals surface area contributed by atoms with Gasteiger partial charge in [-0.1, -0.05) is 35.3 Å². The molecule has 0 unspecified atom stereocenters. The molecule has 4 aliphatic rings. The molecule has 0 bridgehead atoms. The van der Waals surface area contributed by atoms with Crippen LogP contribution < -0.4 is 14.8 Å². The highest BCUT2D eigenvalue weighted by atomic mass is 35.5. The van der Waals surface area contributed by atoms with E-state index < -0.39 is 23.4 Å². The molecule has 3 fully saturated rings. The van der Waals surface area contributed by atoms with Gasteiger partial charge in [-0.2, -0.15) is 5.10 Å².